The van der Waals surface area contributed by atoms with Crippen molar-refractivity contribution in [2.75, 3.05) is 37.8 Å². The van der Waals surface area contributed by atoms with Crippen LogP contribution in [0.5, 0.6) is 0 Å². The van der Waals surface area contributed by atoms with E-state index < -0.39 is 101 Å². The maximum atomic E-state index is 16.5. The summed E-state index contributed by atoms with van der Waals surface area (Å²) in [5.41, 5.74) is 5.31. The van der Waals surface area contributed by atoms with Crippen LogP contribution in [-0.4, -0.2) is 119 Å². The van der Waals surface area contributed by atoms with Crippen molar-refractivity contribution in [2.24, 2.45) is 0 Å². The molecule has 0 aromatic carbocycles. The highest BCUT2D eigenvalue weighted by atomic mass is 32.7. The highest BCUT2D eigenvalue weighted by Crippen LogP contribution is 2.64. The largest absolute Gasteiger partial charge is 0.509 e. The summed E-state index contributed by atoms with van der Waals surface area (Å²) in [5.74, 6) is -0.662. The number of rotatable bonds is 18. The standard InChI is InChI=1S/C37H53F2N9O13P2S/c1-2-3-4-5-6-7-8-9-10-11-12-13-14-54-37(50)56-22-64-63(53)58-16-24-29(26(39)35(60-24)47-19-45-27-31(40)41-17-42-32(27)47)55-21-62(51,52)57-15-23-25(38)30(61-63)36(59-23)48-20-46-28-33(48)43-18-44-34(28)49/h17-20,23-26,29-30,35-36H,2-16,21-22H2,1H3,(H,51,52)(H2,40,41,42)(H,43,44,49)/t23-,24-,25-,26-,29-,30-,35-,36-,63?/m1/s1. The third-order valence-electron chi connectivity index (χ3n) is 11.0. The maximum Gasteiger partial charge on any atom is 0.509 e. The molecule has 10 atom stereocenters. The summed E-state index contributed by atoms with van der Waals surface area (Å²) in [6.07, 6.45) is 1.90. The van der Waals surface area contributed by atoms with E-state index in [1.807, 2.05) is 0 Å². The number of H-pyrrole nitrogens is 1. The van der Waals surface area contributed by atoms with E-state index in [4.69, 9.17) is 43.0 Å². The second kappa shape index (κ2) is 22.2. The molecule has 7 heterocycles. The van der Waals surface area contributed by atoms with Gasteiger partial charge in [0, 0.05) is 11.4 Å². The first-order valence-electron chi connectivity index (χ1n) is 21.3. The molecule has 0 saturated carbocycles. The Kier molecular flexibility index (Phi) is 16.8. The number of carbonyl (C=O) groups excluding carboxylic acids is 1. The number of alkyl halides is 2. The number of ether oxygens (including phenoxy) is 5. The number of hydrogen-bond donors (Lipinski definition) is 3. The number of imidazole rings is 2. The topological polar surface area (TPSA) is 278 Å². The molecule has 2 unspecified atom stereocenters. The first kappa shape index (κ1) is 48.3. The molecule has 3 aliphatic heterocycles. The summed E-state index contributed by atoms with van der Waals surface area (Å²) in [6.45, 7) is -4.08. The van der Waals surface area contributed by atoms with Gasteiger partial charge in [0.05, 0.1) is 38.8 Å². The van der Waals surface area contributed by atoms with Gasteiger partial charge in [0.25, 0.3) is 5.56 Å². The van der Waals surface area contributed by atoms with Gasteiger partial charge in [0.15, 0.2) is 53.4 Å². The van der Waals surface area contributed by atoms with Crippen LogP contribution in [-0.2, 0) is 46.4 Å². The van der Waals surface area contributed by atoms with Crippen molar-refractivity contribution in [3.8, 4) is 0 Å². The Labute approximate surface area is 369 Å². The molecule has 0 amide bonds. The fraction of sp³-hybridized carbons (Fsp3) is 0.703. The lowest BCUT2D eigenvalue weighted by molar-refractivity contribution is -0.0551. The van der Waals surface area contributed by atoms with Crippen molar-refractivity contribution in [2.45, 2.75) is 133 Å². The van der Waals surface area contributed by atoms with Gasteiger partial charge in [-0.3, -0.25) is 27.5 Å². The van der Waals surface area contributed by atoms with Gasteiger partial charge in [0.2, 0.25) is 0 Å². The molecule has 4 aromatic heterocycles. The minimum absolute atomic E-state index is 0.00769. The first-order valence-corrected chi connectivity index (χ1v) is 26.1. The van der Waals surface area contributed by atoms with E-state index in [0.29, 0.717) is 17.8 Å². The van der Waals surface area contributed by atoms with Gasteiger partial charge in [-0.25, -0.2) is 43.1 Å². The molecule has 7 rings (SSSR count). The van der Waals surface area contributed by atoms with Crippen molar-refractivity contribution in [1.82, 2.24) is 39.0 Å². The highest BCUT2D eigenvalue weighted by Gasteiger charge is 2.54. The van der Waals surface area contributed by atoms with Crippen LogP contribution < -0.4 is 11.3 Å². The smallest absolute Gasteiger partial charge is 0.434 e. The molecule has 0 spiro atoms. The van der Waals surface area contributed by atoms with Gasteiger partial charge < -0.3 is 43.8 Å². The van der Waals surface area contributed by atoms with E-state index in [0.717, 1.165) is 49.2 Å². The third-order valence-corrected chi connectivity index (χ3v) is 15.3. The molecule has 3 aliphatic rings. The van der Waals surface area contributed by atoms with Crippen LogP contribution in [0, 0.1) is 0 Å². The van der Waals surface area contributed by atoms with Gasteiger partial charge in [-0.2, -0.15) is 0 Å². The number of halogens is 2. The first-order chi connectivity index (χ1) is 30.9. The predicted octanol–water partition coefficient (Wildman–Crippen LogP) is 6.63. The van der Waals surface area contributed by atoms with E-state index in [9.17, 15) is 23.6 Å². The summed E-state index contributed by atoms with van der Waals surface area (Å²) in [6, 6.07) is 0. The van der Waals surface area contributed by atoms with E-state index in [1.165, 1.54) is 55.8 Å². The van der Waals surface area contributed by atoms with Crippen LogP contribution in [0.2, 0.25) is 0 Å². The molecule has 64 heavy (non-hydrogen) atoms. The van der Waals surface area contributed by atoms with Crippen LogP contribution in [0.4, 0.5) is 19.4 Å². The van der Waals surface area contributed by atoms with Crippen molar-refractivity contribution in [3.05, 3.63) is 35.7 Å². The quantitative estimate of drug-likeness (QED) is 0.0408. The van der Waals surface area contributed by atoms with Crippen molar-refractivity contribution in [1.29, 1.82) is 0 Å². The number of aromatic amines is 1. The number of fused-ring (bicyclic) bond motifs is 5. The molecule has 22 nitrogen and oxygen atoms in total. The van der Waals surface area contributed by atoms with Crippen molar-refractivity contribution >= 4 is 60.1 Å². The lowest BCUT2D eigenvalue weighted by atomic mass is 10.1. The summed E-state index contributed by atoms with van der Waals surface area (Å²) in [4.78, 5) is 58.5. The van der Waals surface area contributed by atoms with Crippen LogP contribution in [0.3, 0.4) is 0 Å². The van der Waals surface area contributed by atoms with E-state index in [2.05, 4.69) is 36.8 Å². The average Bonchev–Trinajstić information content (AvgIpc) is 4.04. The number of anilines is 1. The Morgan fingerprint density at radius 1 is 0.844 bits per heavy atom. The highest BCUT2D eigenvalue weighted by molar-refractivity contribution is 8.55. The summed E-state index contributed by atoms with van der Waals surface area (Å²) >= 11 is 0.350. The molecule has 27 heteroatoms. The number of unbranched alkanes of at least 4 members (excludes halogenated alkanes) is 11. The molecule has 3 saturated heterocycles. The Bertz CT molecular complexity index is 2330. The second-order valence-corrected chi connectivity index (χ2v) is 21.3. The Hall–Kier alpha value is -3.64. The number of nitrogens with one attached hydrogen (secondary N) is 1. The SMILES string of the molecule is CCCCCCCCCCCCCCOC(=O)OCSP1(=O)OC[C@H]2O[C@@H](n3cnc4c(N)ncnc43)[C@H](F)[C@@H]2OCP(=O)(O)OC[C@H]2O[C@@H](n3cnc4c(=O)[nH]cnc43)[C@H](O1)[C@@H]2F. The fourth-order valence-electron chi connectivity index (χ4n) is 7.62. The van der Waals surface area contributed by atoms with Gasteiger partial charge in [-0.15, -0.1) is 0 Å². The van der Waals surface area contributed by atoms with Gasteiger partial charge in [-0.05, 0) is 6.42 Å². The molecule has 2 bridgehead atoms. The number of nitrogen functional groups attached to an aromatic ring is 1. The zero-order valence-corrected chi connectivity index (χ0v) is 37.7. The molecule has 3 fully saturated rings. The Morgan fingerprint density at radius 3 is 2.22 bits per heavy atom. The maximum absolute atomic E-state index is 16.5. The number of nitrogens with two attached hydrogens (primary N) is 1. The van der Waals surface area contributed by atoms with E-state index in [1.54, 1.807) is 0 Å². The average molecular weight is 964 g/mol. The summed E-state index contributed by atoms with van der Waals surface area (Å²) < 4.78 is 108. The summed E-state index contributed by atoms with van der Waals surface area (Å²) in [7, 11) is -4.75. The normalized spacial score (nSPS) is 30.1. The van der Waals surface area contributed by atoms with Crippen LogP contribution in [0.25, 0.3) is 22.3 Å². The number of nitrogens with zero attached hydrogens (tertiary/aromatic N) is 7. The van der Waals surface area contributed by atoms with Gasteiger partial charge in [0.1, 0.15) is 42.6 Å². The lowest BCUT2D eigenvalue weighted by Crippen LogP contribution is -2.36. The van der Waals surface area contributed by atoms with Crippen molar-refractivity contribution in [3.63, 3.8) is 0 Å². The van der Waals surface area contributed by atoms with Gasteiger partial charge in [-0.1, -0.05) is 77.6 Å². The second-order valence-electron chi connectivity index (χ2n) is 15.5. The summed E-state index contributed by atoms with van der Waals surface area (Å²) in [5, 5.41) is 0. The van der Waals surface area contributed by atoms with Crippen LogP contribution >= 0.6 is 25.8 Å². The molecule has 0 aliphatic carbocycles. The minimum Gasteiger partial charge on any atom is -0.434 e. The number of hydrogen-bond acceptors (Lipinski definition) is 19. The van der Waals surface area contributed by atoms with Gasteiger partial charge >= 0.3 is 20.5 Å². The van der Waals surface area contributed by atoms with E-state index >= 15 is 8.78 Å². The van der Waals surface area contributed by atoms with Crippen molar-refractivity contribution < 1.29 is 64.9 Å². The Morgan fingerprint density at radius 2 is 1.48 bits per heavy atom. The third kappa shape index (κ3) is 11.8. The molecule has 0 radical (unpaired) electrons. The molecule has 4 N–H and O–H groups in total. The predicted molar refractivity (Wildman–Crippen MR) is 225 cm³/mol. The molecular weight excluding hydrogens is 910 g/mol. The van der Waals surface area contributed by atoms with Crippen LogP contribution in [0.15, 0.2) is 30.1 Å². The fourth-order valence-corrected chi connectivity index (χ4v) is 11.2. The zero-order chi connectivity index (χ0) is 45.3. The Balaban J connectivity index is 1.04. The molecule has 354 valence electrons. The lowest BCUT2D eigenvalue weighted by Gasteiger charge is -2.27. The monoisotopic (exact) mass is 963 g/mol. The minimum atomic E-state index is -4.75. The number of aromatic nitrogens is 8. The molecule has 4 aromatic rings. The molecular formula is C37H53F2N9O13P2S. The number of carbonyl (C=O) groups is 1. The van der Waals surface area contributed by atoms with E-state index in [-0.39, 0.29) is 34.8 Å². The van der Waals surface area contributed by atoms with Crippen LogP contribution in [0.1, 0.15) is 96.4 Å². The zero-order valence-electron chi connectivity index (χ0n) is 35.1.